The average molecular weight is 430 g/mol. The van der Waals surface area contributed by atoms with E-state index in [4.69, 9.17) is 0 Å². The van der Waals surface area contributed by atoms with Crippen LogP contribution < -0.4 is 4.90 Å². The second kappa shape index (κ2) is 7.87. The van der Waals surface area contributed by atoms with Gasteiger partial charge in [-0.1, -0.05) is 0 Å². The monoisotopic (exact) mass is 429 g/mol. The number of anilines is 1. The van der Waals surface area contributed by atoms with E-state index in [1.165, 1.54) is 0 Å². The zero-order valence-corrected chi connectivity index (χ0v) is 15.8. The molecule has 5 nitrogen and oxygen atoms in total. The molecule has 1 unspecified atom stereocenters. The lowest BCUT2D eigenvalue weighted by molar-refractivity contribution is -0.141. The Bertz CT molecular complexity index is 738. The zero-order chi connectivity index (χ0) is 18.7. The first-order valence-corrected chi connectivity index (χ1v) is 9.08. The van der Waals surface area contributed by atoms with Gasteiger partial charge in [-0.3, -0.25) is 9.88 Å². The van der Waals surface area contributed by atoms with E-state index in [0.717, 1.165) is 48.4 Å². The number of pyridine rings is 1. The van der Waals surface area contributed by atoms with Crippen LogP contribution in [-0.4, -0.2) is 46.0 Å². The van der Waals surface area contributed by atoms with Crippen LogP contribution in [0.5, 0.6) is 0 Å². The molecule has 0 amide bonds. The number of likely N-dealkylation sites (N-methyl/N-ethyl adjacent to an activating group) is 1. The number of likely N-dealkylation sites (tertiary alicyclic amines) is 1. The maximum atomic E-state index is 12.9. The summed E-state index contributed by atoms with van der Waals surface area (Å²) < 4.78 is 39.6. The molecule has 2 aromatic heterocycles. The van der Waals surface area contributed by atoms with Crippen molar-refractivity contribution in [3.8, 4) is 0 Å². The molecule has 1 aliphatic heterocycles. The van der Waals surface area contributed by atoms with Gasteiger partial charge in [0.05, 0.1) is 5.69 Å². The summed E-state index contributed by atoms with van der Waals surface area (Å²) in [6.07, 6.45) is 0.308. The Labute approximate surface area is 158 Å². The first-order chi connectivity index (χ1) is 12.3. The Morgan fingerprint density at radius 1 is 1.27 bits per heavy atom. The van der Waals surface area contributed by atoms with Crippen molar-refractivity contribution in [1.82, 2.24) is 19.9 Å². The lowest BCUT2D eigenvalue weighted by Gasteiger charge is -2.37. The van der Waals surface area contributed by atoms with Crippen LogP contribution in [0.1, 0.15) is 24.2 Å². The second-order valence-electron chi connectivity index (χ2n) is 6.35. The molecule has 140 valence electrons. The molecule has 9 heteroatoms. The lowest BCUT2D eigenvalue weighted by Crippen LogP contribution is -2.47. The molecule has 1 aliphatic rings. The van der Waals surface area contributed by atoms with E-state index in [9.17, 15) is 13.2 Å². The van der Waals surface area contributed by atoms with E-state index >= 15 is 0 Å². The molecule has 0 radical (unpaired) electrons. The molecule has 3 heterocycles. The molecule has 26 heavy (non-hydrogen) atoms. The Balaban J connectivity index is 1.68. The topological polar surface area (TPSA) is 45.2 Å². The quantitative estimate of drug-likeness (QED) is 0.740. The van der Waals surface area contributed by atoms with Crippen molar-refractivity contribution in [2.75, 3.05) is 25.0 Å². The van der Waals surface area contributed by atoms with Crippen molar-refractivity contribution < 1.29 is 13.2 Å². The minimum atomic E-state index is -4.47. The van der Waals surface area contributed by atoms with Crippen molar-refractivity contribution in [1.29, 1.82) is 0 Å². The van der Waals surface area contributed by atoms with E-state index < -0.39 is 11.9 Å². The third kappa shape index (κ3) is 4.70. The highest BCUT2D eigenvalue weighted by Crippen LogP contribution is 2.29. The summed E-state index contributed by atoms with van der Waals surface area (Å²) in [4.78, 5) is 16.1. The zero-order valence-electron chi connectivity index (χ0n) is 14.2. The van der Waals surface area contributed by atoms with Crippen LogP contribution in [0.15, 0.2) is 35.1 Å². The predicted octanol–water partition coefficient (Wildman–Crippen LogP) is 3.75. The van der Waals surface area contributed by atoms with Gasteiger partial charge < -0.3 is 4.90 Å². The van der Waals surface area contributed by atoms with Gasteiger partial charge in [-0.15, -0.1) is 0 Å². The Morgan fingerprint density at radius 2 is 2.08 bits per heavy atom. The van der Waals surface area contributed by atoms with Crippen LogP contribution in [0.2, 0.25) is 0 Å². The number of hydrogen-bond acceptors (Lipinski definition) is 5. The summed E-state index contributed by atoms with van der Waals surface area (Å²) in [5.41, 5.74) is 0.0490. The van der Waals surface area contributed by atoms with Gasteiger partial charge in [0.15, 0.2) is 0 Å². The molecule has 0 bridgehead atoms. The molecule has 1 saturated heterocycles. The average Bonchev–Trinajstić information content (AvgIpc) is 2.63. The Hall–Kier alpha value is -1.74. The van der Waals surface area contributed by atoms with Crippen LogP contribution in [-0.2, 0) is 12.7 Å². The molecule has 2 aromatic rings. The van der Waals surface area contributed by atoms with Crippen LogP contribution >= 0.6 is 15.9 Å². The van der Waals surface area contributed by atoms with Crippen molar-refractivity contribution in [2.24, 2.45) is 0 Å². The number of rotatable bonds is 4. The highest BCUT2D eigenvalue weighted by atomic mass is 79.9. The van der Waals surface area contributed by atoms with Gasteiger partial charge in [0.25, 0.3) is 0 Å². The van der Waals surface area contributed by atoms with Crippen LogP contribution in [0.4, 0.5) is 19.1 Å². The fraction of sp³-hybridized carbons (Fsp3) is 0.471. The third-order valence-electron chi connectivity index (χ3n) is 4.45. The first kappa shape index (κ1) is 19.0. The molecule has 0 N–H and O–H groups in total. The van der Waals surface area contributed by atoms with Gasteiger partial charge in [-0.2, -0.15) is 13.2 Å². The van der Waals surface area contributed by atoms with E-state index in [-0.39, 0.29) is 12.0 Å². The standard InChI is InChI=1S/C17H19BrF3N5/c1-25(16-22-7-6-15(24-16)17(19,20)21)14-3-2-8-26(11-14)10-13-5-4-12(18)9-23-13/h4-7,9,14H,2-3,8,10-11H2,1H3. The summed E-state index contributed by atoms with van der Waals surface area (Å²) in [6.45, 7) is 2.38. The summed E-state index contributed by atoms with van der Waals surface area (Å²) >= 11 is 3.37. The van der Waals surface area contributed by atoms with Gasteiger partial charge in [-0.25, -0.2) is 9.97 Å². The summed E-state index contributed by atoms with van der Waals surface area (Å²) in [6, 6.07) is 4.87. The van der Waals surface area contributed by atoms with Gasteiger partial charge in [0.2, 0.25) is 5.95 Å². The minimum Gasteiger partial charge on any atom is -0.340 e. The highest BCUT2D eigenvalue weighted by molar-refractivity contribution is 9.10. The predicted molar refractivity (Wildman–Crippen MR) is 95.7 cm³/mol. The molecular weight excluding hydrogens is 411 g/mol. The van der Waals surface area contributed by atoms with Crippen molar-refractivity contribution in [3.05, 3.63) is 46.5 Å². The third-order valence-corrected chi connectivity index (χ3v) is 4.92. The van der Waals surface area contributed by atoms with Gasteiger partial charge in [0, 0.05) is 43.0 Å². The van der Waals surface area contributed by atoms with E-state index in [2.05, 4.69) is 35.8 Å². The molecule has 0 saturated carbocycles. The SMILES string of the molecule is CN(c1nccc(C(F)(F)F)n1)C1CCCN(Cc2ccc(Br)cn2)C1. The van der Waals surface area contributed by atoms with E-state index in [0.29, 0.717) is 6.54 Å². The maximum absolute atomic E-state index is 12.9. The smallest absolute Gasteiger partial charge is 0.340 e. The number of piperidine rings is 1. The van der Waals surface area contributed by atoms with Gasteiger partial charge in [-0.05, 0) is 53.5 Å². The first-order valence-electron chi connectivity index (χ1n) is 8.29. The molecule has 0 aliphatic carbocycles. The van der Waals surface area contributed by atoms with E-state index in [1.807, 2.05) is 12.1 Å². The molecule has 1 fully saturated rings. The maximum Gasteiger partial charge on any atom is 0.433 e. The van der Waals surface area contributed by atoms with Crippen LogP contribution in [0.25, 0.3) is 0 Å². The lowest BCUT2D eigenvalue weighted by atomic mass is 10.0. The summed E-state index contributed by atoms with van der Waals surface area (Å²) in [5.74, 6) is 0.105. The number of nitrogens with zero attached hydrogens (tertiary/aromatic N) is 5. The van der Waals surface area contributed by atoms with Crippen LogP contribution in [0, 0.1) is 0 Å². The fourth-order valence-corrected chi connectivity index (χ4v) is 3.29. The van der Waals surface area contributed by atoms with Crippen LogP contribution in [0.3, 0.4) is 0 Å². The molecule has 0 aromatic carbocycles. The summed E-state index contributed by atoms with van der Waals surface area (Å²) in [7, 11) is 1.75. The van der Waals surface area contributed by atoms with E-state index in [1.54, 1.807) is 18.1 Å². The molecular formula is C17H19BrF3N5. The van der Waals surface area contributed by atoms with Crippen molar-refractivity contribution in [2.45, 2.75) is 31.6 Å². The fourth-order valence-electron chi connectivity index (χ4n) is 3.06. The number of hydrogen-bond donors (Lipinski definition) is 0. The van der Waals surface area contributed by atoms with Crippen molar-refractivity contribution >= 4 is 21.9 Å². The van der Waals surface area contributed by atoms with Gasteiger partial charge >= 0.3 is 6.18 Å². The minimum absolute atomic E-state index is 0.0580. The normalized spacial score (nSPS) is 18.7. The molecule has 1 atom stereocenters. The van der Waals surface area contributed by atoms with Crippen molar-refractivity contribution in [3.63, 3.8) is 0 Å². The largest absolute Gasteiger partial charge is 0.433 e. The van der Waals surface area contributed by atoms with Gasteiger partial charge in [0.1, 0.15) is 5.69 Å². The summed E-state index contributed by atoms with van der Waals surface area (Å²) in [5, 5.41) is 0. The highest BCUT2D eigenvalue weighted by Gasteiger charge is 2.34. The number of aromatic nitrogens is 3. The Kier molecular flexibility index (Phi) is 5.76. The molecule has 0 spiro atoms. The second-order valence-corrected chi connectivity index (χ2v) is 7.27. The number of halogens is 4. The molecule has 3 rings (SSSR count). The number of alkyl halides is 3. The Morgan fingerprint density at radius 3 is 2.77 bits per heavy atom.